The summed E-state index contributed by atoms with van der Waals surface area (Å²) in [5.41, 5.74) is 0.471. The summed E-state index contributed by atoms with van der Waals surface area (Å²) in [5, 5.41) is 17.7. The first-order valence-corrected chi connectivity index (χ1v) is 16.8. The Morgan fingerprint density at radius 1 is 0.977 bits per heavy atom. The van der Waals surface area contributed by atoms with Gasteiger partial charge in [-0.2, -0.15) is 0 Å². The van der Waals surface area contributed by atoms with Gasteiger partial charge in [-0.05, 0) is 90.8 Å². The number of nitrogens with zero attached hydrogens (tertiary/aromatic N) is 1. The Bertz CT molecular complexity index is 1290. The Hall–Kier alpha value is -3.04. The monoisotopic (exact) mass is 623 g/mol. The van der Waals surface area contributed by atoms with Crippen molar-refractivity contribution in [1.82, 2.24) is 15.5 Å². The number of fused-ring (bicyclic) bond motifs is 1. The summed E-state index contributed by atoms with van der Waals surface area (Å²) in [5.74, 6) is 0.0914. The molecular formula is C35H49N3O5S. The molecule has 4 rings (SSSR count). The van der Waals surface area contributed by atoms with Crippen molar-refractivity contribution in [1.29, 1.82) is 0 Å². The quantitative estimate of drug-likeness (QED) is 0.298. The minimum absolute atomic E-state index is 0.0156. The second-order valence-corrected chi connectivity index (χ2v) is 15.2. The topological polar surface area (TPSA) is 108 Å². The lowest BCUT2D eigenvalue weighted by atomic mass is 9.85. The molecule has 1 aliphatic carbocycles. The maximum Gasteiger partial charge on any atom is 0.411 e. The van der Waals surface area contributed by atoms with Crippen LogP contribution in [0.15, 0.2) is 59.5 Å². The van der Waals surface area contributed by atoms with Gasteiger partial charge in [0.15, 0.2) is 0 Å². The number of nitrogens with one attached hydrogen (secondary N) is 2. The molecule has 2 aliphatic rings. The maximum absolute atomic E-state index is 14.0. The fraction of sp³-hybridized carbons (Fsp3) is 0.571. The van der Waals surface area contributed by atoms with Crippen LogP contribution in [-0.4, -0.2) is 69.0 Å². The minimum atomic E-state index is -0.915. The fourth-order valence-corrected chi connectivity index (χ4v) is 7.25. The first-order valence-electron chi connectivity index (χ1n) is 15.8. The molecule has 0 bridgehead atoms. The van der Waals surface area contributed by atoms with Crippen molar-refractivity contribution in [3.8, 4) is 0 Å². The van der Waals surface area contributed by atoms with Gasteiger partial charge in [0.2, 0.25) is 5.91 Å². The lowest BCUT2D eigenvalue weighted by molar-refractivity contribution is -0.127. The van der Waals surface area contributed by atoms with Crippen molar-refractivity contribution in [2.24, 2.45) is 5.92 Å². The van der Waals surface area contributed by atoms with Crippen LogP contribution in [0.2, 0.25) is 0 Å². The number of thioether (sulfide) groups is 1. The Morgan fingerprint density at radius 3 is 2.32 bits per heavy atom. The van der Waals surface area contributed by atoms with Crippen LogP contribution in [-0.2, 0) is 16.0 Å². The van der Waals surface area contributed by atoms with Crippen molar-refractivity contribution in [2.45, 2.75) is 120 Å². The Balaban J connectivity index is 1.52. The van der Waals surface area contributed by atoms with E-state index in [1.54, 1.807) is 11.0 Å². The molecular weight excluding hydrogens is 574 g/mol. The van der Waals surface area contributed by atoms with Crippen LogP contribution in [0.3, 0.4) is 0 Å². The Kier molecular flexibility index (Phi) is 11.1. The summed E-state index contributed by atoms with van der Waals surface area (Å²) in [6.07, 6.45) is 3.62. The lowest BCUT2D eigenvalue weighted by Gasteiger charge is -2.35. The van der Waals surface area contributed by atoms with E-state index in [1.165, 1.54) is 11.8 Å². The predicted octanol–water partition coefficient (Wildman–Crippen LogP) is 5.96. The van der Waals surface area contributed by atoms with Gasteiger partial charge in [0.05, 0.1) is 17.7 Å². The number of aliphatic hydroxyl groups is 1. The van der Waals surface area contributed by atoms with Crippen molar-refractivity contribution in [3.05, 3.63) is 65.7 Å². The molecule has 2 aromatic rings. The molecule has 0 radical (unpaired) electrons. The molecule has 1 saturated carbocycles. The first-order chi connectivity index (χ1) is 20.7. The standard InChI is InChI=1S/C35H49N3O5S/c1-34(2,3)37-31(40)25-17-11-13-19-30(25)44-22-29(39)26(20-23-14-8-7-9-15-23)36-32(41)28-21-24-16-10-12-18-27(24)38(28)33(42)43-35(4,5)6/h7-9,11,13-15,17,19,24,26-29,39H,10,12,16,18,20-22H2,1-6H3,(H,36,41)(H,37,40)/t24-,26-,27-,28-,29-/m0/s1. The molecule has 0 unspecified atom stereocenters. The average Bonchev–Trinajstić information content (AvgIpc) is 3.34. The highest BCUT2D eigenvalue weighted by Gasteiger charge is 2.49. The smallest absolute Gasteiger partial charge is 0.411 e. The van der Waals surface area contributed by atoms with Crippen molar-refractivity contribution < 1.29 is 24.2 Å². The number of likely N-dealkylation sites (tertiary alicyclic amines) is 1. The third-order valence-electron chi connectivity index (χ3n) is 8.12. The van der Waals surface area contributed by atoms with Gasteiger partial charge in [0.25, 0.3) is 5.91 Å². The molecule has 44 heavy (non-hydrogen) atoms. The van der Waals surface area contributed by atoms with Crippen LogP contribution in [0.25, 0.3) is 0 Å². The summed E-state index contributed by atoms with van der Waals surface area (Å²) >= 11 is 1.39. The van der Waals surface area contributed by atoms with E-state index in [0.29, 0.717) is 18.4 Å². The van der Waals surface area contributed by atoms with Crippen LogP contribution in [0.5, 0.6) is 0 Å². The second-order valence-electron chi connectivity index (χ2n) is 14.1. The Morgan fingerprint density at radius 2 is 1.64 bits per heavy atom. The number of hydrogen-bond acceptors (Lipinski definition) is 6. The molecule has 3 amide bonds. The molecule has 8 nitrogen and oxygen atoms in total. The van der Waals surface area contributed by atoms with Gasteiger partial charge in [-0.1, -0.05) is 55.3 Å². The molecule has 1 aliphatic heterocycles. The molecule has 240 valence electrons. The zero-order chi connectivity index (χ0) is 32.1. The number of carbonyl (C=O) groups is 3. The normalized spacial score (nSPS) is 21.6. The third-order valence-corrected chi connectivity index (χ3v) is 9.29. The summed E-state index contributed by atoms with van der Waals surface area (Å²) in [4.78, 5) is 42.8. The van der Waals surface area contributed by atoms with Crippen LogP contribution >= 0.6 is 11.8 Å². The van der Waals surface area contributed by atoms with Crippen molar-refractivity contribution >= 4 is 29.7 Å². The number of ether oxygens (including phenoxy) is 1. The molecule has 2 aromatic carbocycles. The highest BCUT2D eigenvalue weighted by atomic mass is 32.2. The van der Waals surface area contributed by atoms with Crippen LogP contribution in [0, 0.1) is 5.92 Å². The summed E-state index contributed by atoms with van der Waals surface area (Å²) < 4.78 is 5.77. The van der Waals surface area contributed by atoms with E-state index < -0.39 is 29.9 Å². The van der Waals surface area contributed by atoms with E-state index in [1.807, 2.05) is 90.1 Å². The molecule has 0 spiro atoms. The van der Waals surface area contributed by atoms with Gasteiger partial charge >= 0.3 is 6.09 Å². The SMILES string of the molecule is CC(C)(C)NC(=O)c1ccccc1SC[C@H](O)[C@H](Cc1ccccc1)NC(=O)[C@@H]1C[C@@H]2CCCC[C@@H]2N1C(=O)OC(C)(C)C. The number of aliphatic hydroxyl groups excluding tert-OH is 1. The molecule has 1 heterocycles. The van der Waals surface area contributed by atoms with Gasteiger partial charge < -0.3 is 20.5 Å². The van der Waals surface area contributed by atoms with E-state index in [9.17, 15) is 19.5 Å². The summed E-state index contributed by atoms with van der Waals surface area (Å²) in [7, 11) is 0. The average molecular weight is 624 g/mol. The first kappa shape index (κ1) is 33.8. The van der Waals surface area contributed by atoms with E-state index >= 15 is 0 Å². The van der Waals surface area contributed by atoms with Gasteiger partial charge in [0, 0.05) is 22.2 Å². The predicted molar refractivity (Wildman–Crippen MR) is 175 cm³/mol. The number of rotatable bonds is 9. The number of benzene rings is 2. The number of amides is 3. The highest BCUT2D eigenvalue weighted by Crippen LogP contribution is 2.40. The van der Waals surface area contributed by atoms with Gasteiger partial charge in [-0.25, -0.2) is 4.79 Å². The molecule has 1 saturated heterocycles. The van der Waals surface area contributed by atoms with Crippen LogP contribution < -0.4 is 10.6 Å². The number of hydrogen-bond donors (Lipinski definition) is 3. The summed E-state index contributed by atoms with van der Waals surface area (Å²) in [6.45, 7) is 11.3. The molecule has 5 atom stereocenters. The largest absolute Gasteiger partial charge is 0.444 e. The zero-order valence-electron chi connectivity index (χ0n) is 27.0. The maximum atomic E-state index is 14.0. The van der Waals surface area contributed by atoms with E-state index in [4.69, 9.17) is 4.74 Å². The Labute approximate surface area is 266 Å². The third kappa shape index (κ3) is 9.24. The van der Waals surface area contributed by atoms with E-state index in [0.717, 1.165) is 36.1 Å². The zero-order valence-corrected chi connectivity index (χ0v) is 27.8. The highest BCUT2D eigenvalue weighted by molar-refractivity contribution is 7.99. The fourth-order valence-electron chi connectivity index (χ4n) is 6.18. The molecule has 2 fully saturated rings. The van der Waals surface area contributed by atoms with Gasteiger partial charge in [0.1, 0.15) is 11.6 Å². The van der Waals surface area contributed by atoms with Crippen molar-refractivity contribution in [3.63, 3.8) is 0 Å². The van der Waals surface area contributed by atoms with E-state index in [2.05, 4.69) is 10.6 Å². The van der Waals surface area contributed by atoms with Gasteiger partial charge in [-0.3, -0.25) is 14.5 Å². The van der Waals surface area contributed by atoms with E-state index in [-0.39, 0.29) is 35.1 Å². The van der Waals surface area contributed by atoms with Crippen molar-refractivity contribution in [2.75, 3.05) is 5.75 Å². The molecule has 0 aromatic heterocycles. The molecule has 3 N–H and O–H groups in total. The molecule has 9 heteroatoms. The number of carbonyl (C=O) groups excluding carboxylic acids is 3. The lowest BCUT2D eigenvalue weighted by Crippen LogP contribution is -2.55. The van der Waals surface area contributed by atoms with Crippen LogP contribution in [0.1, 0.15) is 89.6 Å². The van der Waals surface area contributed by atoms with Crippen LogP contribution in [0.4, 0.5) is 4.79 Å². The summed E-state index contributed by atoms with van der Waals surface area (Å²) in [6, 6.07) is 15.8. The minimum Gasteiger partial charge on any atom is -0.444 e. The second kappa shape index (κ2) is 14.4. The van der Waals surface area contributed by atoms with Gasteiger partial charge in [-0.15, -0.1) is 11.8 Å².